The molecule has 0 amide bonds. The van der Waals surface area contributed by atoms with Crippen molar-refractivity contribution in [3.05, 3.63) is 240 Å². The molecule has 0 fully saturated rings. The van der Waals surface area contributed by atoms with Gasteiger partial charge in [0.2, 0.25) is 20.0 Å². The molecule has 0 saturated heterocycles. The molecule has 31 heteroatoms. The topological polar surface area (TPSA) is 296 Å². The van der Waals surface area contributed by atoms with Crippen LogP contribution in [0.1, 0.15) is 39.7 Å². The summed E-state index contributed by atoms with van der Waals surface area (Å²) in [5, 5.41) is 10.7. The van der Waals surface area contributed by atoms with Crippen molar-refractivity contribution in [3.8, 4) is 39.1 Å². The molecule has 0 bridgehead atoms. The van der Waals surface area contributed by atoms with Crippen LogP contribution in [0.15, 0.2) is 215 Å². The van der Waals surface area contributed by atoms with E-state index >= 15 is 0 Å². The van der Waals surface area contributed by atoms with E-state index in [2.05, 4.69) is 29.9 Å². The SMILES string of the molecule is COc1ccc(CCc2nc3ccc(-c4ccccc4NS(=O)(=O)C(F)(F)F)cc3[nH]2)cc1.NS(=O)(=O)c1ccccc1-c1ccc2nc(CCc3ccc(C(F)(F)F)cc3)[nH]c2c1.NS(=O)(=O)c1ccccc1-c1ccc2nc(CCc3ccc(S(=O)(=O)C(F)(F)F)cc3)[nH]c2c1. The molecular formula is C67H56F9N9O9S4. The van der Waals surface area contributed by atoms with Crippen LogP contribution in [-0.4, -0.2) is 81.7 Å². The second-order valence-corrected chi connectivity index (χ2v) is 28.7. The first-order valence-electron chi connectivity index (χ1n) is 29.2. The number of para-hydroxylation sites is 1. The normalized spacial score (nSPS) is 12.4. The Kier molecular flexibility index (Phi) is 20.4. The molecule has 510 valence electrons. The third kappa shape index (κ3) is 16.9. The van der Waals surface area contributed by atoms with Crippen LogP contribution >= 0.6 is 0 Å². The number of alkyl halides is 9. The van der Waals surface area contributed by atoms with E-state index in [0.29, 0.717) is 110 Å². The monoisotopic (exact) mass is 1430 g/mol. The summed E-state index contributed by atoms with van der Waals surface area (Å²) in [6.45, 7) is 0. The van der Waals surface area contributed by atoms with Crippen molar-refractivity contribution in [3.63, 3.8) is 0 Å². The molecule has 9 aromatic carbocycles. The van der Waals surface area contributed by atoms with Crippen LogP contribution in [0, 0.1) is 0 Å². The maximum Gasteiger partial charge on any atom is 0.516 e. The van der Waals surface area contributed by atoms with Crippen LogP contribution < -0.4 is 19.7 Å². The molecule has 0 saturated carbocycles. The van der Waals surface area contributed by atoms with E-state index in [-0.39, 0.29) is 15.5 Å². The van der Waals surface area contributed by atoms with Gasteiger partial charge in [0, 0.05) is 36.0 Å². The number of nitrogens with one attached hydrogen (secondary N) is 4. The molecule has 8 N–H and O–H groups in total. The number of benzene rings is 9. The summed E-state index contributed by atoms with van der Waals surface area (Å²) in [6.07, 6.45) is -1.05. The average molecular weight is 1430 g/mol. The largest absolute Gasteiger partial charge is 0.516 e. The molecule has 3 aromatic heterocycles. The zero-order valence-corrected chi connectivity index (χ0v) is 54.3. The first kappa shape index (κ1) is 70.9. The van der Waals surface area contributed by atoms with E-state index in [1.165, 1.54) is 48.5 Å². The summed E-state index contributed by atoms with van der Waals surface area (Å²) in [5.41, 5.74) is -1.76. The minimum Gasteiger partial charge on any atom is -0.497 e. The summed E-state index contributed by atoms with van der Waals surface area (Å²) >= 11 is 0. The van der Waals surface area contributed by atoms with Crippen molar-refractivity contribution in [2.24, 2.45) is 10.3 Å². The number of methoxy groups -OCH3 is 1. The fourth-order valence-electron chi connectivity index (χ4n) is 10.4. The van der Waals surface area contributed by atoms with Gasteiger partial charge in [0.1, 0.15) is 23.2 Å². The minimum atomic E-state index is -5.54. The predicted molar refractivity (Wildman–Crippen MR) is 352 cm³/mol. The van der Waals surface area contributed by atoms with Gasteiger partial charge in [-0.2, -0.15) is 47.9 Å². The number of nitrogens with two attached hydrogens (primary N) is 2. The highest BCUT2D eigenvalue weighted by atomic mass is 32.2. The molecule has 0 spiro atoms. The van der Waals surface area contributed by atoms with Gasteiger partial charge in [0.05, 0.1) is 66.1 Å². The van der Waals surface area contributed by atoms with Crippen LogP contribution in [0.3, 0.4) is 0 Å². The maximum atomic E-state index is 12.8. The van der Waals surface area contributed by atoms with Crippen molar-refractivity contribution < 1.29 is 77.9 Å². The number of halogens is 9. The number of sulfone groups is 1. The van der Waals surface area contributed by atoms with Crippen molar-refractivity contribution in [2.75, 3.05) is 11.8 Å². The fraction of sp³-hybridized carbons (Fsp3) is 0.149. The lowest BCUT2D eigenvalue weighted by Crippen LogP contribution is -2.30. The Morgan fingerprint density at radius 2 is 0.776 bits per heavy atom. The third-order valence-corrected chi connectivity index (χ3v) is 19.9. The third-order valence-electron chi connectivity index (χ3n) is 15.3. The molecule has 0 aliphatic heterocycles. The van der Waals surface area contributed by atoms with Gasteiger partial charge in [-0.1, -0.05) is 109 Å². The number of primary sulfonamides is 2. The molecule has 12 aromatic rings. The summed E-state index contributed by atoms with van der Waals surface area (Å²) in [4.78, 5) is 22.4. The number of fused-ring (bicyclic) bond motifs is 3. The minimum absolute atomic E-state index is 0.00470. The van der Waals surface area contributed by atoms with Crippen LogP contribution in [0.2, 0.25) is 0 Å². The lowest BCUT2D eigenvalue weighted by atomic mass is 10.0. The standard InChI is InChI=1S/C23H20F3N3O3S.C22H18F3N3O4S2.C22H18F3N3O2S/c1-32-17-10-6-15(7-11-17)8-13-22-27-20-12-9-16(14-21(20)28-22)18-4-2-3-5-19(18)29-33(30,31)23(24,25)26;23-22(24,25)33(29,30)16-9-5-14(6-10-16)7-12-21-27-18-11-8-15(13-19(18)28-21)17-3-1-2-4-20(17)34(26,31)32;23-22(24,25)16-9-5-14(6-10-16)7-12-21-27-18-11-8-15(13-19(18)28-21)17-3-1-2-4-20(17)31(26,29)30/h2-7,9-12,14,29H,8,13H2,1H3,(H,27,28);1-6,8-11,13H,7,12H2,(H,27,28)(H2,26,31,32);1-6,8-11,13H,7,12H2,(H,27,28)(H2,26,29,30). The second-order valence-electron chi connectivity index (χ2n) is 22.1. The lowest BCUT2D eigenvalue weighted by molar-refractivity contribution is -0.137. The second kappa shape index (κ2) is 28.3. The van der Waals surface area contributed by atoms with E-state index in [9.17, 15) is 73.2 Å². The van der Waals surface area contributed by atoms with Gasteiger partial charge in [0.25, 0.3) is 9.84 Å². The summed E-state index contributed by atoms with van der Waals surface area (Å²) in [6, 6.07) is 51.9. The van der Waals surface area contributed by atoms with Crippen molar-refractivity contribution in [2.45, 2.75) is 70.4 Å². The van der Waals surface area contributed by atoms with Crippen LogP contribution in [0.4, 0.5) is 45.2 Å². The number of hydrogen-bond donors (Lipinski definition) is 6. The first-order valence-corrected chi connectivity index (χ1v) is 35.3. The van der Waals surface area contributed by atoms with Gasteiger partial charge >= 0.3 is 27.2 Å². The number of imidazole rings is 3. The Labute approximate surface area is 555 Å². The van der Waals surface area contributed by atoms with Crippen molar-refractivity contribution in [1.29, 1.82) is 0 Å². The number of nitrogens with zero attached hydrogens (tertiary/aromatic N) is 3. The number of aromatic nitrogens is 6. The fourth-order valence-corrected chi connectivity index (χ4v) is 13.3. The highest BCUT2D eigenvalue weighted by Crippen LogP contribution is 2.36. The molecular weight excluding hydrogens is 1370 g/mol. The number of ether oxygens (including phenoxy) is 1. The average Bonchev–Trinajstić information content (AvgIpc) is 1.41. The highest BCUT2D eigenvalue weighted by Gasteiger charge is 2.47. The van der Waals surface area contributed by atoms with Gasteiger partial charge in [0.15, 0.2) is 0 Å². The maximum absolute atomic E-state index is 12.8. The van der Waals surface area contributed by atoms with Crippen LogP contribution in [-0.2, 0) is 84.6 Å². The van der Waals surface area contributed by atoms with E-state index in [1.54, 1.807) is 115 Å². The van der Waals surface area contributed by atoms with E-state index in [4.69, 9.17) is 15.0 Å². The Hall–Kier alpha value is -9.92. The Morgan fingerprint density at radius 1 is 0.418 bits per heavy atom. The summed E-state index contributed by atoms with van der Waals surface area (Å²) < 4.78 is 215. The zero-order chi connectivity index (χ0) is 70.6. The van der Waals surface area contributed by atoms with Crippen LogP contribution in [0.5, 0.6) is 5.75 Å². The van der Waals surface area contributed by atoms with Crippen molar-refractivity contribution >= 4 is 78.7 Å². The molecule has 0 radical (unpaired) electrons. The lowest BCUT2D eigenvalue weighted by Gasteiger charge is -2.14. The molecule has 18 nitrogen and oxygen atoms in total. The molecule has 12 rings (SSSR count). The zero-order valence-electron chi connectivity index (χ0n) is 51.0. The van der Waals surface area contributed by atoms with Gasteiger partial charge in [-0.15, -0.1) is 0 Å². The number of aryl methyl sites for hydroxylation is 6. The number of anilines is 1. The number of H-pyrrole nitrogens is 3. The molecule has 0 aliphatic carbocycles. The van der Waals surface area contributed by atoms with E-state index in [0.717, 1.165) is 58.9 Å². The summed E-state index contributed by atoms with van der Waals surface area (Å²) in [5.74, 6) is 2.85. The van der Waals surface area contributed by atoms with Gasteiger partial charge < -0.3 is 19.7 Å². The first-order chi connectivity index (χ1) is 46.1. The predicted octanol–water partition coefficient (Wildman–Crippen LogP) is 13.9. The summed E-state index contributed by atoms with van der Waals surface area (Å²) in [7, 11) is -17.1. The molecule has 0 unspecified atom stereocenters. The smallest absolute Gasteiger partial charge is 0.497 e. The van der Waals surface area contributed by atoms with Crippen molar-refractivity contribution in [1.82, 2.24) is 29.9 Å². The quantitative estimate of drug-likeness (QED) is 0.0437. The molecule has 0 aliphatic rings. The molecule has 98 heavy (non-hydrogen) atoms. The highest BCUT2D eigenvalue weighted by molar-refractivity contribution is 7.93. The molecule has 0 atom stereocenters. The Balaban J connectivity index is 0.000000159. The van der Waals surface area contributed by atoms with E-state index < -0.39 is 67.6 Å². The van der Waals surface area contributed by atoms with Crippen LogP contribution in [0.25, 0.3) is 66.5 Å². The van der Waals surface area contributed by atoms with Gasteiger partial charge in [-0.05, 0) is 144 Å². The van der Waals surface area contributed by atoms with E-state index in [1.807, 2.05) is 24.3 Å². The number of aromatic amines is 3. The number of sulfonamides is 3. The van der Waals surface area contributed by atoms with Gasteiger partial charge in [-0.25, -0.2) is 50.5 Å². The Bertz CT molecular complexity index is 5360. The Morgan fingerprint density at radius 3 is 1.14 bits per heavy atom. The number of hydrogen-bond acceptors (Lipinski definition) is 12. The number of rotatable bonds is 18. The molecule has 3 heterocycles. The van der Waals surface area contributed by atoms with Gasteiger partial charge in [-0.3, -0.25) is 4.72 Å².